The first-order valence-electron chi connectivity index (χ1n) is 9.00. The van der Waals surface area contributed by atoms with Crippen molar-refractivity contribution in [2.45, 2.75) is 82.2 Å². The normalized spacial score (nSPS) is 32.8. The molecule has 3 nitrogen and oxygen atoms in total. The van der Waals surface area contributed by atoms with Gasteiger partial charge in [-0.1, -0.05) is 56.0 Å². The van der Waals surface area contributed by atoms with E-state index in [2.05, 4.69) is 35.6 Å². The number of nitrogens with one attached hydrogen (secondary N) is 1. The van der Waals surface area contributed by atoms with Crippen LogP contribution in [-0.2, 0) is 11.3 Å². The second-order valence-corrected chi connectivity index (χ2v) is 6.95. The van der Waals surface area contributed by atoms with Crippen LogP contribution in [0.25, 0.3) is 0 Å². The Morgan fingerprint density at radius 3 is 2.36 bits per heavy atom. The first kappa shape index (κ1) is 16.0. The van der Waals surface area contributed by atoms with Gasteiger partial charge >= 0.3 is 0 Å². The molecule has 0 bridgehead atoms. The zero-order chi connectivity index (χ0) is 15.2. The van der Waals surface area contributed by atoms with Gasteiger partial charge in [-0.25, -0.2) is 0 Å². The fourth-order valence-electron chi connectivity index (χ4n) is 3.91. The number of ether oxygens (including phenoxy) is 1. The Balaban J connectivity index is 1.54. The van der Waals surface area contributed by atoms with Crippen LogP contribution in [0.5, 0.6) is 0 Å². The summed E-state index contributed by atoms with van der Waals surface area (Å²) < 4.78 is 6.26. The Morgan fingerprint density at radius 1 is 0.909 bits per heavy atom. The van der Waals surface area contributed by atoms with E-state index < -0.39 is 0 Å². The van der Waals surface area contributed by atoms with E-state index >= 15 is 0 Å². The molecule has 0 aliphatic heterocycles. The summed E-state index contributed by atoms with van der Waals surface area (Å²) in [6.07, 6.45) is 10.3. The van der Waals surface area contributed by atoms with E-state index in [9.17, 15) is 0 Å². The Morgan fingerprint density at radius 2 is 1.59 bits per heavy atom. The van der Waals surface area contributed by atoms with Crippen LogP contribution in [0.4, 0.5) is 0 Å². The minimum absolute atomic E-state index is 0.324. The lowest BCUT2D eigenvalue weighted by molar-refractivity contribution is -0.0102. The molecule has 0 saturated heterocycles. The van der Waals surface area contributed by atoms with Gasteiger partial charge in [-0.3, -0.25) is 0 Å². The summed E-state index contributed by atoms with van der Waals surface area (Å²) in [5.41, 5.74) is 7.57. The van der Waals surface area contributed by atoms with Crippen LogP contribution in [0.1, 0.15) is 56.9 Å². The van der Waals surface area contributed by atoms with Crippen molar-refractivity contribution in [1.29, 1.82) is 0 Å². The van der Waals surface area contributed by atoms with Crippen molar-refractivity contribution in [1.82, 2.24) is 5.32 Å². The lowest BCUT2D eigenvalue weighted by atomic mass is 9.87. The van der Waals surface area contributed by atoms with Crippen LogP contribution in [0.15, 0.2) is 30.3 Å². The Hall–Kier alpha value is -0.900. The number of nitrogens with two attached hydrogens (primary N) is 1. The lowest BCUT2D eigenvalue weighted by Crippen LogP contribution is -2.55. The summed E-state index contributed by atoms with van der Waals surface area (Å²) in [5.74, 6) is 0. The van der Waals surface area contributed by atoms with Crippen molar-refractivity contribution >= 4 is 0 Å². The van der Waals surface area contributed by atoms with Crippen LogP contribution in [0.3, 0.4) is 0 Å². The van der Waals surface area contributed by atoms with Crippen LogP contribution in [0, 0.1) is 0 Å². The number of hydrogen-bond donors (Lipinski definition) is 2. The van der Waals surface area contributed by atoms with Gasteiger partial charge in [0.1, 0.15) is 0 Å². The van der Waals surface area contributed by atoms with E-state index in [1.165, 1.54) is 56.9 Å². The molecule has 2 fully saturated rings. The average molecular weight is 302 g/mol. The molecular weight excluding hydrogens is 272 g/mol. The highest BCUT2D eigenvalue weighted by Crippen LogP contribution is 2.25. The third-order valence-corrected chi connectivity index (χ3v) is 5.26. The largest absolute Gasteiger partial charge is 0.372 e. The molecule has 2 aliphatic rings. The molecule has 2 aliphatic carbocycles. The fourth-order valence-corrected chi connectivity index (χ4v) is 3.91. The first-order valence-corrected chi connectivity index (χ1v) is 9.00. The minimum atomic E-state index is 0.324. The molecule has 1 aromatic carbocycles. The van der Waals surface area contributed by atoms with Gasteiger partial charge in [-0.15, -0.1) is 0 Å². The number of hydrogen-bond acceptors (Lipinski definition) is 3. The summed E-state index contributed by atoms with van der Waals surface area (Å²) in [7, 11) is 0. The summed E-state index contributed by atoms with van der Waals surface area (Å²) in [4.78, 5) is 0. The summed E-state index contributed by atoms with van der Waals surface area (Å²) in [6, 6.07) is 11.8. The molecular formula is C19H30N2O. The van der Waals surface area contributed by atoms with Crippen molar-refractivity contribution in [2.24, 2.45) is 5.73 Å². The molecule has 0 unspecified atom stereocenters. The molecule has 3 N–H and O–H groups in total. The second-order valence-electron chi connectivity index (χ2n) is 6.95. The maximum absolute atomic E-state index is 6.30. The Bertz CT molecular complexity index is 436. The van der Waals surface area contributed by atoms with Crippen LogP contribution >= 0.6 is 0 Å². The van der Waals surface area contributed by atoms with Gasteiger partial charge in [0, 0.05) is 18.1 Å². The summed E-state index contributed by atoms with van der Waals surface area (Å²) in [6.45, 7) is 0.723. The van der Waals surface area contributed by atoms with Gasteiger partial charge < -0.3 is 15.8 Å². The average Bonchev–Trinajstić information content (AvgIpc) is 2.57. The molecule has 0 radical (unpaired) electrons. The molecule has 3 heteroatoms. The van der Waals surface area contributed by atoms with Crippen molar-refractivity contribution in [3.8, 4) is 0 Å². The molecule has 0 heterocycles. The van der Waals surface area contributed by atoms with Crippen molar-refractivity contribution in [2.75, 3.05) is 0 Å². The lowest BCUT2D eigenvalue weighted by Gasteiger charge is -2.38. The third-order valence-electron chi connectivity index (χ3n) is 5.26. The maximum atomic E-state index is 6.30. The van der Waals surface area contributed by atoms with Gasteiger partial charge in [-0.2, -0.15) is 0 Å². The number of rotatable bonds is 5. The molecule has 22 heavy (non-hydrogen) atoms. The van der Waals surface area contributed by atoms with Crippen molar-refractivity contribution < 1.29 is 4.74 Å². The quantitative estimate of drug-likeness (QED) is 0.876. The highest BCUT2D eigenvalue weighted by Gasteiger charge is 2.30. The predicted octanol–water partition coefficient (Wildman–Crippen LogP) is 3.37. The Kier molecular flexibility index (Phi) is 5.88. The van der Waals surface area contributed by atoms with E-state index in [1.54, 1.807) is 0 Å². The predicted molar refractivity (Wildman–Crippen MR) is 90.6 cm³/mol. The van der Waals surface area contributed by atoms with Gasteiger partial charge in [0.15, 0.2) is 0 Å². The van der Waals surface area contributed by atoms with E-state index in [1.807, 2.05) is 0 Å². The van der Waals surface area contributed by atoms with Crippen LogP contribution in [-0.4, -0.2) is 24.2 Å². The van der Waals surface area contributed by atoms with E-state index in [4.69, 9.17) is 10.5 Å². The Labute approximate surface area is 134 Å². The standard InChI is InChI=1S/C19H30N2O/c20-16-10-4-5-11-17(16)21-18-12-6-7-13-19(18)22-14-15-8-2-1-3-9-15/h1-3,8-9,16-19,21H,4-7,10-14,20H2/t16-,17-,18+,19-/m0/s1. The van der Waals surface area contributed by atoms with Crippen LogP contribution in [0.2, 0.25) is 0 Å². The first-order chi connectivity index (χ1) is 10.8. The van der Waals surface area contributed by atoms with Gasteiger partial charge in [0.2, 0.25) is 0 Å². The van der Waals surface area contributed by atoms with E-state index in [0.29, 0.717) is 24.2 Å². The van der Waals surface area contributed by atoms with Gasteiger partial charge in [0.25, 0.3) is 0 Å². The molecule has 2 saturated carbocycles. The maximum Gasteiger partial charge on any atom is 0.0732 e. The van der Waals surface area contributed by atoms with Gasteiger partial charge in [0.05, 0.1) is 12.7 Å². The molecule has 4 atom stereocenters. The highest BCUT2D eigenvalue weighted by molar-refractivity contribution is 5.13. The smallest absolute Gasteiger partial charge is 0.0732 e. The molecule has 3 rings (SSSR count). The van der Waals surface area contributed by atoms with Crippen molar-refractivity contribution in [3.05, 3.63) is 35.9 Å². The molecule has 1 aromatic rings. The third kappa shape index (κ3) is 4.31. The minimum Gasteiger partial charge on any atom is -0.372 e. The van der Waals surface area contributed by atoms with E-state index in [0.717, 1.165) is 6.61 Å². The number of benzene rings is 1. The highest BCUT2D eigenvalue weighted by atomic mass is 16.5. The van der Waals surface area contributed by atoms with Crippen LogP contribution < -0.4 is 11.1 Å². The molecule has 122 valence electrons. The van der Waals surface area contributed by atoms with Crippen molar-refractivity contribution in [3.63, 3.8) is 0 Å². The second kappa shape index (κ2) is 8.09. The van der Waals surface area contributed by atoms with Gasteiger partial charge in [-0.05, 0) is 31.2 Å². The topological polar surface area (TPSA) is 47.3 Å². The molecule has 0 amide bonds. The zero-order valence-corrected chi connectivity index (χ0v) is 13.5. The zero-order valence-electron chi connectivity index (χ0n) is 13.5. The SMILES string of the molecule is N[C@H]1CCCC[C@@H]1N[C@@H]1CCCC[C@@H]1OCc1ccccc1. The summed E-state index contributed by atoms with van der Waals surface area (Å²) in [5, 5.41) is 3.84. The van der Waals surface area contributed by atoms with E-state index in [-0.39, 0.29) is 0 Å². The monoisotopic (exact) mass is 302 g/mol. The molecule has 0 aromatic heterocycles. The summed E-state index contributed by atoms with van der Waals surface area (Å²) >= 11 is 0. The molecule has 0 spiro atoms. The fraction of sp³-hybridized carbons (Fsp3) is 0.684.